The highest BCUT2D eigenvalue weighted by Gasteiger charge is 2.44. The molecule has 0 bridgehead atoms. The van der Waals surface area contributed by atoms with Gasteiger partial charge in [0.15, 0.2) is 0 Å². The molecule has 1 aliphatic heterocycles. The van der Waals surface area contributed by atoms with E-state index in [0.717, 1.165) is 17.0 Å². The van der Waals surface area contributed by atoms with Crippen LogP contribution in [0.25, 0.3) is 11.4 Å². The number of hydrogen-bond acceptors (Lipinski definition) is 2. The Morgan fingerprint density at radius 2 is 1.88 bits per heavy atom. The Bertz CT molecular complexity index is 961. The van der Waals surface area contributed by atoms with Crippen molar-refractivity contribution in [2.45, 2.75) is 18.4 Å². The van der Waals surface area contributed by atoms with Crippen molar-refractivity contribution in [3.63, 3.8) is 0 Å². The van der Waals surface area contributed by atoms with E-state index < -0.39 is 5.54 Å². The molecule has 1 aliphatic rings. The third-order valence-corrected chi connectivity index (χ3v) is 5.44. The van der Waals surface area contributed by atoms with Crippen LogP contribution in [0.2, 0.25) is 5.02 Å². The summed E-state index contributed by atoms with van der Waals surface area (Å²) in [4.78, 5) is 18.6. The van der Waals surface area contributed by atoms with Crippen molar-refractivity contribution in [2.24, 2.45) is 0 Å². The second kappa shape index (κ2) is 6.29. The molecular weight excluding hydrogens is 346 g/mol. The zero-order chi connectivity index (χ0) is 18.3. The van der Waals surface area contributed by atoms with Gasteiger partial charge >= 0.3 is 0 Å². The van der Waals surface area contributed by atoms with Crippen molar-refractivity contribution >= 4 is 17.5 Å². The van der Waals surface area contributed by atoms with Crippen LogP contribution in [0, 0.1) is 0 Å². The second-order valence-electron chi connectivity index (χ2n) is 6.82. The van der Waals surface area contributed by atoms with Gasteiger partial charge in [-0.1, -0.05) is 48.0 Å². The average Bonchev–Trinajstić information content (AvgIpc) is 3.22. The number of carbonyl (C=O) groups excluding carboxylic acids is 1. The third kappa shape index (κ3) is 2.44. The Morgan fingerprint density at radius 3 is 2.62 bits per heavy atom. The first-order valence-electron chi connectivity index (χ1n) is 8.64. The summed E-state index contributed by atoms with van der Waals surface area (Å²) in [7, 11) is 3.59. The van der Waals surface area contributed by atoms with Crippen molar-refractivity contribution in [3.05, 3.63) is 77.1 Å². The highest BCUT2D eigenvalue weighted by molar-refractivity contribution is 6.30. The van der Waals surface area contributed by atoms with Crippen molar-refractivity contribution in [1.82, 2.24) is 14.5 Å². The summed E-state index contributed by atoms with van der Waals surface area (Å²) in [6, 6.07) is 16.2. The second-order valence-corrected chi connectivity index (χ2v) is 7.26. The molecular formula is C21H20ClN3O. The molecule has 0 spiro atoms. The minimum Gasteiger partial charge on any atom is -0.349 e. The summed E-state index contributed by atoms with van der Waals surface area (Å²) in [6.07, 6.45) is 4.93. The topological polar surface area (TPSA) is 38.1 Å². The lowest BCUT2D eigenvalue weighted by Crippen LogP contribution is -2.35. The van der Waals surface area contributed by atoms with Gasteiger partial charge in [-0.15, -0.1) is 0 Å². The van der Waals surface area contributed by atoms with E-state index in [0.29, 0.717) is 17.9 Å². The Morgan fingerprint density at radius 1 is 1.15 bits per heavy atom. The van der Waals surface area contributed by atoms with E-state index in [1.54, 1.807) is 19.0 Å². The lowest BCUT2D eigenvalue weighted by Gasteiger charge is -2.34. The van der Waals surface area contributed by atoms with Crippen molar-refractivity contribution in [3.8, 4) is 11.4 Å². The monoisotopic (exact) mass is 365 g/mol. The van der Waals surface area contributed by atoms with Gasteiger partial charge < -0.3 is 9.47 Å². The number of aromatic nitrogens is 2. The number of nitrogens with zero attached hydrogens (tertiary/aromatic N) is 3. The first-order chi connectivity index (χ1) is 12.5. The predicted molar refractivity (Wildman–Crippen MR) is 103 cm³/mol. The van der Waals surface area contributed by atoms with E-state index in [4.69, 9.17) is 11.6 Å². The van der Waals surface area contributed by atoms with E-state index in [2.05, 4.69) is 21.7 Å². The largest absolute Gasteiger partial charge is 0.349 e. The van der Waals surface area contributed by atoms with Gasteiger partial charge in [0.05, 0.1) is 5.54 Å². The maximum absolute atomic E-state index is 12.4. The van der Waals surface area contributed by atoms with Crippen molar-refractivity contribution in [2.75, 3.05) is 14.1 Å². The Labute approximate surface area is 158 Å². The minimum atomic E-state index is -0.460. The van der Waals surface area contributed by atoms with Crippen LogP contribution < -0.4 is 0 Å². The lowest BCUT2D eigenvalue weighted by atomic mass is 9.79. The number of halogens is 1. The Hall–Kier alpha value is -2.59. The van der Waals surface area contributed by atoms with Crippen LogP contribution in [0.5, 0.6) is 0 Å². The molecule has 0 aliphatic carbocycles. The van der Waals surface area contributed by atoms with E-state index >= 15 is 0 Å². The maximum Gasteiger partial charge on any atom is 0.222 e. The number of hydrogen-bond donors (Lipinski definition) is 0. The molecule has 1 aromatic heterocycles. The fourth-order valence-corrected chi connectivity index (χ4v) is 4.04. The summed E-state index contributed by atoms with van der Waals surface area (Å²) in [5.41, 5.74) is 2.94. The highest BCUT2D eigenvalue weighted by atomic mass is 35.5. The molecule has 4 nitrogen and oxygen atoms in total. The summed E-state index contributed by atoms with van der Waals surface area (Å²) in [5.74, 6) is 1.05. The minimum absolute atomic E-state index is 0.115. The molecule has 5 heteroatoms. The molecule has 2 heterocycles. The number of fused-ring (bicyclic) bond motifs is 3. The van der Waals surface area contributed by atoms with Gasteiger partial charge in [-0.25, -0.2) is 4.98 Å². The van der Waals surface area contributed by atoms with Gasteiger partial charge in [0.2, 0.25) is 5.91 Å². The average molecular weight is 366 g/mol. The maximum atomic E-state index is 12.4. The molecule has 1 amide bonds. The number of benzene rings is 2. The molecule has 2 aromatic carbocycles. The molecule has 3 aromatic rings. The molecule has 0 saturated carbocycles. The van der Waals surface area contributed by atoms with Crippen LogP contribution in [-0.2, 0) is 10.3 Å². The Kier molecular flexibility index (Phi) is 4.08. The zero-order valence-corrected chi connectivity index (χ0v) is 15.6. The van der Waals surface area contributed by atoms with Crippen LogP contribution in [0.3, 0.4) is 0 Å². The van der Waals surface area contributed by atoms with Crippen LogP contribution in [0.15, 0.2) is 60.9 Å². The normalized spacial score (nSPS) is 17.7. The van der Waals surface area contributed by atoms with Gasteiger partial charge in [0.25, 0.3) is 0 Å². The molecule has 0 saturated heterocycles. The van der Waals surface area contributed by atoms with Gasteiger partial charge in [-0.2, -0.15) is 0 Å². The predicted octanol–water partition coefficient (Wildman–Crippen LogP) is 4.18. The first kappa shape index (κ1) is 16.9. The van der Waals surface area contributed by atoms with Crippen LogP contribution in [-0.4, -0.2) is 34.5 Å². The van der Waals surface area contributed by atoms with E-state index in [1.807, 2.05) is 48.8 Å². The standard InChI is InChI=1S/C21H20ClN3O/c1-24(2)19(26)11-12-21(15-7-9-16(22)10-8-15)18-6-4-3-5-17(18)20-23-13-14-25(20)21/h3-10,13-14H,11-12H2,1-2H3. The van der Waals surface area contributed by atoms with Gasteiger partial charge in [0, 0.05) is 43.5 Å². The molecule has 132 valence electrons. The number of imidazole rings is 1. The fourth-order valence-electron chi connectivity index (χ4n) is 3.91. The Balaban J connectivity index is 1.92. The zero-order valence-electron chi connectivity index (χ0n) is 14.8. The van der Waals surface area contributed by atoms with E-state index in [9.17, 15) is 4.79 Å². The van der Waals surface area contributed by atoms with E-state index in [-0.39, 0.29) is 5.91 Å². The first-order valence-corrected chi connectivity index (χ1v) is 9.02. The molecule has 26 heavy (non-hydrogen) atoms. The van der Waals surface area contributed by atoms with E-state index in [1.165, 1.54) is 5.56 Å². The van der Waals surface area contributed by atoms with Crippen LogP contribution >= 0.6 is 11.6 Å². The molecule has 1 atom stereocenters. The fraction of sp³-hybridized carbons (Fsp3) is 0.238. The van der Waals surface area contributed by atoms with Gasteiger partial charge in [-0.05, 0) is 29.7 Å². The SMILES string of the molecule is CN(C)C(=O)CCC1(c2ccc(Cl)cc2)c2ccccc2-c2nccn21. The molecule has 0 fully saturated rings. The molecule has 1 unspecified atom stereocenters. The van der Waals surface area contributed by atoms with Crippen LogP contribution in [0.1, 0.15) is 24.0 Å². The van der Waals surface area contributed by atoms with Gasteiger partial charge in [0.1, 0.15) is 5.82 Å². The summed E-state index contributed by atoms with van der Waals surface area (Å²) in [6.45, 7) is 0. The number of carbonyl (C=O) groups is 1. The van der Waals surface area contributed by atoms with Crippen molar-refractivity contribution < 1.29 is 4.79 Å². The number of rotatable bonds is 4. The number of amides is 1. The molecule has 0 radical (unpaired) electrons. The molecule has 0 N–H and O–H groups in total. The van der Waals surface area contributed by atoms with Gasteiger partial charge in [-0.3, -0.25) is 4.79 Å². The smallest absolute Gasteiger partial charge is 0.222 e. The summed E-state index contributed by atoms with van der Waals surface area (Å²) < 4.78 is 2.20. The highest BCUT2D eigenvalue weighted by Crippen LogP contribution is 2.49. The summed E-state index contributed by atoms with van der Waals surface area (Å²) in [5, 5.41) is 0.699. The van der Waals surface area contributed by atoms with Crippen LogP contribution in [0.4, 0.5) is 0 Å². The summed E-state index contributed by atoms with van der Waals surface area (Å²) >= 11 is 6.13. The third-order valence-electron chi connectivity index (χ3n) is 5.19. The van der Waals surface area contributed by atoms with Crippen molar-refractivity contribution in [1.29, 1.82) is 0 Å². The lowest BCUT2D eigenvalue weighted by molar-refractivity contribution is -0.129. The quantitative estimate of drug-likeness (QED) is 0.695. The molecule has 4 rings (SSSR count).